The molecule has 0 aromatic heterocycles. The van der Waals surface area contributed by atoms with Gasteiger partial charge in [-0.1, -0.05) is 19.3 Å². The summed E-state index contributed by atoms with van der Waals surface area (Å²) in [7, 11) is 1.39. The lowest BCUT2D eigenvalue weighted by molar-refractivity contribution is -0.145. The number of methoxy groups -OCH3 is 1. The number of thioether (sulfide) groups is 1. The van der Waals surface area contributed by atoms with Gasteiger partial charge in [-0.15, -0.1) is 0 Å². The Balaban J connectivity index is 2.31. The van der Waals surface area contributed by atoms with Crippen LogP contribution in [0.4, 0.5) is 0 Å². The van der Waals surface area contributed by atoms with E-state index < -0.39 is 5.54 Å². The van der Waals surface area contributed by atoms with Crippen molar-refractivity contribution < 1.29 is 9.53 Å². The molecule has 1 aliphatic carbocycles. The van der Waals surface area contributed by atoms with E-state index in [1.54, 1.807) is 6.92 Å². The molecule has 1 atom stereocenters. The molecule has 0 aliphatic heterocycles. The van der Waals surface area contributed by atoms with Crippen LogP contribution in [0.3, 0.4) is 0 Å². The van der Waals surface area contributed by atoms with Crippen molar-refractivity contribution in [2.75, 3.05) is 12.9 Å². The van der Waals surface area contributed by atoms with Crippen molar-refractivity contribution >= 4 is 17.7 Å². The number of hydrogen-bond donors (Lipinski definition) is 1. The van der Waals surface area contributed by atoms with E-state index in [0.717, 1.165) is 0 Å². The van der Waals surface area contributed by atoms with Crippen molar-refractivity contribution in [1.29, 1.82) is 0 Å². The van der Waals surface area contributed by atoms with Gasteiger partial charge in [-0.05, 0) is 19.8 Å². The number of nitrogens with two attached hydrogens (primary N) is 1. The summed E-state index contributed by atoms with van der Waals surface area (Å²) in [6.45, 7) is 1.74. The number of hydrogen-bond acceptors (Lipinski definition) is 4. The fourth-order valence-electron chi connectivity index (χ4n) is 1.81. The fourth-order valence-corrected chi connectivity index (χ4v) is 3.18. The molecular formula is C11H21NO2S. The summed E-state index contributed by atoms with van der Waals surface area (Å²) in [4.78, 5) is 11.3. The minimum atomic E-state index is -0.836. The first-order chi connectivity index (χ1) is 7.06. The van der Waals surface area contributed by atoms with E-state index in [1.807, 2.05) is 11.8 Å². The molecule has 88 valence electrons. The lowest BCUT2D eigenvalue weighted by Gasteiger charge is -2.26. The minimum absolute atomic E-state index is 0.314. The van der Waals surface area contributed by atoms with E-state index in [1.165, 1.54) is 39.2 Å². The quantitative estimate of drug-likeness (QED) is 0.751. The Hall–Kier alpha value is -0.220. The van der Waals surface area contributed by atoms with Gasteiger partial charge < -0.3 is 10.5 Å². The molecule has 15 heavy (non-hydrogen) atoms. The molecule has 4 heteroatoms. The van der Waals surface area contributed by atoms with Crippen LogP contribution in [0.5, 0.6) is 0 Å². The molecule has 0 radical (unpaired) electrons. The van der Waals surface area contributed by atoms with Gasteiger partial charge in [0.1, 0.15) is 5.54 Å². The van der Waals surface area contributed by atoms with Gasteiger partial charge in [0.2, 0.25) is 0 Å². The molecule has 1 unspecified atom stereocenters. The Kier molecular flexibility index (Phi) is 4.93. The zero-order chi connectivity index (χ0) is 11.3. The van der Waals surface area contributed by atoms with Gasteiger partial charge in [0.05, 0.1) is 7.11 Å². The highest BCUT2D eigenvalue weighted by Gasteiger charge is 2.30. The topological polar surface area (TPSA) is 52.3 Å². The average molecular weight is 231 g/mol. The molecule has 0 spiro atoms. The molecule has 0 bridgehead atoms. The molecule has 0 amide bonds. The van der Waals surface area contributed by atoms with Crippen LogP contribution in [-0.4, -0.2) is 29.6 Å². The lowest BCUT2D eigenvalue weighted by atomic mass is 10.0. The third-order valence-corrected chi connectivity index (χ3v) is 4.53. The predicted molar refractivity (Wildman–Crippen MR) is 63.9 cm³/mol. The van der Waals surface area contributed by atoms with E-state index >= 15 is 0 Å². The van der Waals surface area contributed by atoms with Crippen LogP contribution in [0.25, 0.3) is 0 Å². The number of carbonyl (C=O) groups excluding carboxylic acids is 1. The first kappa shape index (κ1) is 12.8. The summed E-state index contributed by atoms with van der Waals surface area (Å²) in [6.07, 6.45) is 6.52. The Bertz CT molecular complexity index is 213. The summed E-state index contributed by atoms with van der Waals surface area (Å²) >= 11 is 1.82. The molecule has 1 rings (SSSR count). The van der Waals surface area contributed by atoms with Crippen molar-refractivity contribution in [2.45, 2.75) is 49.8 Å². The smallest absolute Gasteiger partial charge is 0.326 e. The van der Waals surface area contributed by atoms with Gasteiger partial charge in [-0.3, -0.25) is 4.79 Å². The van der Waals surface area contributed by atoms with Crippen molar-refractivity contribution in [1.82, 2.24) is 0 Å². The zero-order valence-corrected chi connectivity index (χ0v) is 10.4. The van der Waals surface area contributed by atoms with Crippen LogP contribution >= 0.6 is 11.8 Å². The molecular weight excluding hydrogens is 210 g/mol. The molecule has 3 nitrogen and oxygen atoms in total. The third-order valence-electron chi connectivity index (χ3n) is 2.82. The van der Waals surface area contributed by atoms with E-state index in [9.17, 15) is 4.79 Å². The first-order valence-corrected chi connectivity index (χ1v) is 6.60. The molecule has 1 fully saturated rings. The summed E-state index contributed by atoms with van der Waals surface area (Å²) < 4.78 is 4.68. The van der Waals surface area contributed by atoms with E-state index in [4.69, 9.17) is 5.73 Å². The molecule has 0 aromatic carbocycles. The second-order valence-corrected chi connectivity index (χ2v) is 5.77. The number of rotatable bonds is 4. The monoisotopic (exact) mass is 231 g/mol. The summed E-state index contributed by atoms with van der Waals surface area (Å²) in [6, 6.07) is 0. The first-order valence-electron chi connectivity index (χ1n) is 5.55. The number of carbonyl (C=O) groups is 1. The Morgan fingerprint density at radius 2 is 2.07 bits per heavy atom. The average Bonchev–Trinajstić information content (AvgIpc) is 2.27. The van der Waals surface area contributed by atoms with Gasteiger partial charge in [0, 0.05) is 11.0 Å². The second-order valence-electron chi connectivity index (χ2n) is 4.48. The summed E-state index contributed by atoms with van der Waals surface area (Å²) in [5.74, 6) is 0.343. The number of esters is 1. The number of ether oxygens (including phenoxy) is 1. The van der Waals surface area contributed by atoms with Crippen molar-refractivity contribution in [3.63, 3.8) is 0 Å². The third kappa shape index (κ3) is 4.03. The van der Waals surface area contributed by atoms with Crippen LogP contribution < -0.4 is 5.73 Å². The molecule has 0 heterocycles. The highest BCUT2D eigenvalue weighted by molar-refractivity contribution is 8.00. The van der Waals surface area contributed by atoms with Gasteiger partial charge in [-0.2, -0.15) is 11.8 Å². The molecule has 1 saturated carbocycles. The Morgan fingerprint density at radius 1 is 1.47 bits per heavy atom. The zero-order valence-electron chi connectivity index (χ0n) is 9.62. The van der Waals surface area contributed by atoms with Crippen LogP contribution in [0.15, 0.2) is 0 Å². The Morgan fingerprint density at radius 3 is 2.60 bits per heavy atom. The van der Waals surface area contributed by atoms with Crippen molar-refractivity contribution in [3.05, 3.63) is 0 Å². The van der Waals surface area contributed by atoms with Crippen LogP contribution in [0.1, 0.15) is 39.0 Å². The second kappa shape index (κ2) is 5.75. The molecule has 1 aliphatic rings. The normalized spacial score (nSPS) is 22.1. The predicted octanol–water partition coefficient (Wildman–Crippen LogP) is 1.94. The maximum atomic E-state index is 11.3. The highest BCUT2D eigenvalue weighted by Crippen LogP contribution is 2.29. The maximum absolute atomic E-state index is 11.3. The van der Waals surface area contributed by atoms with E-state index in [-0.39, 0.29) is 5.97 Å². The van der Waals surface area contributed by atoms with Crippen molar-refractivity contribution in [2.24, 2.45) is 5.73 Å². The summed E-state index contributed by atoms with van der Waals surface area (Å²) in [5.41, 5.74) is 5.06. The SMILES string of the molecule is COC(=O)C(C)(N)CSC1CCCCC1. The van der Waals surface area contributed by atoms with Crippen LogP contribution in [0.2, 0.25) is 0 Å². The van der Waals surface area contributed by atoms with Gasteiger partial charge in [0.15, 0.2) is 0 Å². The standard InChI is InChI=1S/C11H21NO2S/c1-11(12,10(13)14-2)8-15-9-6-4-3-5-7-9/h9H,3-8,12H2,1-2H3. The fraction of sp³-hybridized carbons (Fsp3) is 0.909. The van der Waals surface area contributed by atoms with Gasteiger partial charge in [-0.25, -0.2) is 0 Å². The largest absolute Gasteiger partial charge is 0.468 e. The van der Waals surface area contributed by atoms with Gasteiger partial charge >= 0.3 is 5.97 Å². The molecule has 2 N–H and O–H groups in total. The van der Waals surface area contributed by atoms with E-state index in [0.29, 0.717) is 11.0 Å². The summed E-state index contributed by atoms with van der Waals surface area (Å²) in [5, 5.41) is 0.686. The van der Waals surface area contributed by atoms with Gasteiger partial charge in [0.25, 0.3) is 0 Å². The lowest BCUT2D eigenvalue weighted by Crippen LogP contribution is -2.48. The van der Waals surface area contributed by atoms with Crippen LogP contribution in [-0.2, 0) is 9.53 Å². The molecule has 0 saturated heterocycles. The highest BCUT2D eigenvalue weighted by atomic mass is 32.2. The Labute approximate surface area is 96.1 Å². The minimum Gasteiger partial charge on any atom is -0.468 e. The van der Waals surface area contributed by atoms with Crippen LogP contribution in [0, 0.1) is 0 Å². The van der Waals surface area contributed by atoms with E-state index in [2.05, 4.69) is 4.74 Å². The maximum Gasteiger partial charge on any atom is 0.326 e. The molecule has 0 aromatic rings. The van der Waals surface area contributed by atoms with Crippen molar-refractivity contribution in [3.8, 4) is 0 Å².